The molecule has 0 aliphatic rings. The number of unbranched alkanes of at least 4 members (excludes halogenated alkanes) is 16. The van der Waals surface area contributed by atoms with Crippen LogP contribution in [0.1, 0.15) is 129 Å². The van der Waals surface area contributed by atoms with Crippen LogP contribution in [-0.4, -0.2) is 25.2 Å². The third-order valence-electron chi connectivity index (χ3n) is 5.34. The van der Waals surface area contributed by atoms with Crippen molar-refractivity contribution >= 4 is 11.9 Å². The zero-order valence-corrected chi connectivity index (χ0v) is 18.9. The SMILES string of the molecule is CCCCCCCCCCCCCCCCCCCC(OC(C)=O)C(=O)OC. The zero-order chi connectivity index (χ0) is 20.9. The van der Waals surface area contributed by atoms with E-state index in [1.54, 1.807) is 0 Å². The molecule has 0 N–H and O–H groups in total. The first-order chi connectivity index (χ1) is 13.6. The fourth-order valence-corrected chi connectivity index (χ4v) is 3.61. The molecule has 1 atom stereocenters. The summed E-state index contributed by atoms with van der Waals surface area (Å²) in [6.45, 7) is 3.60. The van der Waals surface area contributed by atoms with Crippen molar-refractivity contribution in [2.75, 3.05) is 7.11 Å². The second-order valence-corrected chi connectivity index (χ2v) is 8.07. The molecule has 0 fully saturated rings. The molecule has 1 unspecified atom stereocenters. The van der Waals surface area contributed by atoms with Crippen LogP contribution in [0.3, 0.4) is 0 Å². The van der Waals surface area contributed by atoms with Gasteiger partial charge < -0.3 is 9.47 Å². The van der Waals surface area contributed by atoms with Crippen LogP contribution in [0.4, 0.5) is 0 Å². The van der Waals surface area contributed by atoms with Gasteiger partial charge in [-0.25, -0.2) is 4.79 Å². The molecule has 166 valence electrons. The van der Waals surface area contributed by atoms with E-state index in [1.807, 2.05) is 0 Å². The normalized spacial score (nSPS) is 12.0. The Morgan fingerprint density at radius 2 is 1.00 bits per heavy atom. The molecular weight excluding hydrogens is 352 g/mol. The summed E-state index contributed by atoms with van der Waals surface area (Å²) in [5, 5.41) is 0. The average molecular weight is 399 g/mol. The van der Waals surface area contributed by atoms with Crippen molar-refractivity contribution in [2.45, 2.75) is 136 Å². The molecule has 0 aromatic carbocycles. The van der Waals surface area contributed by atoms with E-state index in [0.717, 1.165) is 12.8 Å². The fourth-order valence-electron chi connectivity index (χ4n) is 3.61. The van der Waals surface area contributed by atoms with Crippen molar-refractivity contribution < 1.29 is 19.1 Å². The summed E-state index contributed by atoms with van der Waals surface area (Å²) >= 11 is 0. The van der Waals surface area contributed by atoms with Crippen LogP contribution < -0.4 is 0 Å². The molecule has 0 saturated carbocycles. The highest BCUT2D eigenvalue weighted by atomic mass is 16.6. The quantitative estimate of drug-likeness (QED) is 0.162. The van der Waals surface area contributed by atoms with Crippen LogP contribution in [0.2, 0.25) is 0 Å². The van der Waals surface area contributed by atoms with E-state index in [4.69, 9.17) is 4.74 Å². The third-order valence-corrected chi connectivity index (χ3v) is 5.34. The van der Waals surface area contributed by atoms with E-state index in [9.17, 15) is 9.59 Å². The van der Waals surface area contributed by atoms with Crippen LogP contribution in [-0.2, 0) is 19.1 Å². The second kappa shape index (κ2) is 20.7. The second-order valence-electron chi connectivity index (χ2n) is 8.07. The maximum Gasteiger partial charge on any atom is 0.347 e. The van der Waals surface area contributed by atoms with Gasteiger partial charge in [0.05, 0.1) is 7.11 Å². The molecule has 0 aliphatic carbocycles. The molecule has 0 aromatic rings. The molecule has 4 nitrogen and oxygen atoms in total. The van der Waals surface area contributed by atoms with Gasteiger partial charge in [-0.15, -0.1) is 0 Å². The lowest BCUT2D eigenvalue weighted by Crippen LogP contribution is -2.27. The van der Waals surface area contributed by atoms with Crippen LogP contribution in [0.5, 0.6) is 0 Å². The monoisotopic (exact) mass is 398 g/mol. The summed E-state index contributed by atoms with van der Waals surface area (Å²) in [7, 11) is 1.33. The lowest BCUT2D eigenvalue weighted by Gasteiger charge is -2.14. The highest BCUT2D eigenvalue weighted by Gasteiger charge is 2.21. The van der Waals surface area contributed by atoms with Crippen molar-refractivity contribution in [3.8, 4) is 0 Å². The summed E-state index contributed by atoms with van der Waals surface area (Å²) < 4.78 is 9.70. The van der Waals surface area contributed by atoms with Gasteiger partial charge in [0.1, 0.15) is 0 Å². The molecule has 28 heavy (non-hydrogen) atoms. The molecule has 0 spiro atoms. The molecule has 0 rings (SSSR count). The van der Waals surface area contributed by atoms with Gasteiger partial charge in [-0.3, -0.25) is 4.79 Å². The van der Waals surface area contributed by atoms with Crippen LogP contribution in [0.15, 0.2) is 0 Å². The van der Waals surface area contributed by atoms with Crippen molar-refractivity contribution in [2.24, 2.45) is 0 Å². The minimum atomic E-state index is -0.737. The highest BCUT2D eigenvalue weighted by molar-refractivity contribution is 5.78. The zero-order valence-electron chi connectivity index (χ0n) is 18.9. The Balaban J connectivity index is 3.32. The minimum absolute atomic E-state index is 0.428. The van der Waals surface area contributed by atoms with Crippen molar-refractivity contribution in [1.82, 2.24) is 0 Å². The van der Waals surface area contributed by atoms with Crippen molar-refractivity contribution in [3.63, 3.8) is 0 Å². The van der Waals surface area contributed by atoms with E-state index in [1.165, 1.54) is 110 Å². The van der Waals surface area contributed by atoms with E-state index in [2.05, 4.69) is 11.7 Å². The van der Waals surface area contributed by atoms with Crippen molar-refractivity contribution in [1.29, 1.82) is 0 Å². The lowest BCUT2D eigenvalue weighted by atomic mass is 10.0. The number of esters is 2. The van der Waals surface area contributed by atoms with Gasteiger partial charge in [0.25, 0.3) is 0 Å². The summed E-state index contributed by atoms with van der Waals surface area (Å²) in [6, 6.07) is 0. The van der Waals surface area contributed by atoms with Crippen LogP contribution >= 0.6 is 0 Å². The van der Waals surface area contributed by atoms with Crippen molar-refractivity contribution in [3.05, 3.63) is 0 Å². The summed E-state index contributed by atoms with van der Waals surface area (Å²) in [4.78, 5) is 22.6. The summed E-state index contributed by atoms with van der Waals surface area (Å²) in [5.74, 6) is -0.880. The van der Waals surface area contributed by atoms with E-state index >= 15 is 0 Å². The molecule has 0 aliphatic heterocycles. The number of carbonyl (C=O) groups excluding carboxylic acids is 2. The van der Waals surface area contributed by atoms with Gasteiger partial charge >= 0.3 is 11.9 Å². The lowest BCUT2D eigenvalue weighted by molar-refractivity contribution is -0.165. The molecule has 0 aromatic heterocycles. The van der Waals surface area contributed by atoms with Gasteiger partial charge in [-0.05, 0) is 12.8 Å². The number of hydrogen-bond donors (Lipinski definition) is 0. The minimum Gasteiger partial charge on any atom is -0.466 e. The van der Waals surface area contributed by atoms with Gasteiger partial charge in [0.2, 0.25) is 0 Å². The number of rotatable bonds is 20. The molecule has 0 amide bonds. The van der Waals surface area contributed by atoms with Gasteiger partial charge in [-0.2, -0.15) is 0 Å². The summed E-state index contributed by atoms with van der Waals surface area (Å²) in [6.07, 6.45) is 22.3. The number of hydrogen-bond acceptors (Lipinski definition) is 4. The Morgan fingerprint density at radius 3 is 1.32 bits per heavy atom. The first-order valence-corrected chi connectivity index (χ1v) is 11.9. The molecule has 0 bridgehead atoms. The largest absolute Gasteiger partial charge is 0.466 e. The highest BCUT2D eigenvalue weighted by Crippen LogP contribution is 2.15. The maximum absolute atomic E-state index is 11.6. The topological polar surface area (TPSA) is 52.6 Å². The van der Waals surface area contributed by atoms with Gasteiger partial charge in [-0.1, -0.05) is 110 Å². The number of methoxy groups -OCH3 is 1. The average Bonchev–Trinajstić information content (AvgIpc) is 2.68. The Morgan fingerprint density at radius 1 is 0.643 bits per heavy atom. The van der Waals surface area contributed by atoms with Crippen LogP contribution in [0, 0.1) is 0 Å². The molecule has 4 heteroatoms. The standard InChI is InChI=1S/C24H46O4/c1-4-5-6-7-8-9-10-11-12-13-14-15-16-17-18-19-20-21-23(24(26)27-3)28-22(2)25/h23H,4-21H2,1-3H3. The van der Waals surface area contributed by atoms with E-state index < -0.39 is 18.0 Å². The molecule has 0 saturated heterocycles. The maximum atomic E-state index is 11.6. The number of ether oxygens (including phenoxy) is 2. The molecule has 0 radical (unpaired) electrons. The Bertz CT molecular complexity index is 368. The number of carbonyl (C=O) groups is 2. The third kappa shape index (κ3) is 18.3. The van der Waals surface area contributed by atoms with Gasteiger partial charge in [0.15, 0.2) is 6.10 Å². The van der Waals surface area contributed by atoms with E-state index in [-0.39, 0.29) is 0 Å². The smallest absolute Gasteiger partial charge is 0.347 e. The first-order valence-electron chi connectivity index (χ1n) is 11.9. The fraction of sp³-hybridized carbons (Fsp3) is 0.917. The summed E-state index contributed by atoms with van der Waals surface area (Å²) in [5.41, 5.74) is 0. The Kier molecular flexibility index (Phi) is 19.9. The predicted molar refractivity (Wildman–Crippen MR) is 116 cm³/mol. The molecule has 0 heterocycles. The van der Waals surface area contributed by atoms with E-state index in [0.29, 0.717) is 6.42 Å². The predicted octanol–water partition coefficient (Wildman–Crippen LogP) is 7.13. The molecular formula is C24H46O4. The van der Waals surface area contributed by atoms with Crippen LogP contribution in [0.25, 0.3) is 0 Å². The van der Waals surface area contributed by atoms with Gasteiger partial charge in [0, 0.05) is 6.92 Å². The Hall–Kier alpha value is -1.06. The first kappa shape index (κ1) is 26.9. The Labute approximate surface area is 174 Å².